The Morgan fingerprint density at radius 3 is 3.25 bits per heavy atom. The summed E-state index contributed by atoms with van der Waals surface area (Å²) in [5.74, 6) is 1.89. The quantitative estimate of drug-likeness (QED) is 0.678. The van der Waals surface area contributed by atoms with Gasteiger partial charge in [-0.25, -0.2) is 0 Å². The van der Waals surface area contributed by atoms with Gasteiger partial charge in [-0.1, -0.05) is 13.3 Å². The van der Waals surface area contributed by atoms with Gasteiger partial charge in [0.25, 0.3) is 4.84 Å². The molecule has 2 rings (SSSR count). The first kappa shape index (κ1) is 8.05. The van der Waals surface area contributed by atoms with Crippen molar-refractivity contribution in [3.63, 3.8) is 0 Å². The van der Waals surface area contributed by atoms with E-state index in [2.05, 4.69) is 11.9 Å². The Morgan fingerprint density at radius 1 is 1.67 bits per heavy atom. The fourth-order valence-corrected chi connectivity index (χ4v) is 2.04. The van der Waals surface area contributed by atoms with Crippen molar-refractivity contribution in [2.75, 3.05) is 0 Å². The normalized spacial score (nSPS) is 22.2. The summed E-state index contributed by atoms with van der Waals surface area (Å²) in [6, 6.07) is 0. The van der Waals surface area contributed by atoms with Crippen LogP contribution in [0.2, 0.25) is 0 Å². The van der Waals surface area contributed by atoms with Crippen LogP contribution in [0.3, 0.4) is 0 Å². The smallest absolute Gasteiger partial charge is 0.266 e. The molecule has 0 aliphatic heterocycles. The van der Waals surface area contributed by atoms with Crippen LogP contribution in [0.15, 0.2) is 4.42 Å². The van der Waals surface area contributed by atoms with Gasteiger partial charge in [-0.3, -0.25) is 0 Å². The predicted molar refractivity (Wildman–Crippen MR) is 49.7 cm³/mol. The zero-order chi connectivity index (χ0) is 8.55. The van der Waals surface area contributed by atoms with E-state index in [0.29, 0.717) is 4.84 Å². The highest BCUT2D eigenvalue weighted by molar-refractivity contribution is 7.71. The Kier molecular flexibility index (Phi) is 2.05. The van der Waals surface area contributed by atoms with E-state index in [1.165, 1.54) is 18.5 Å². The average molecular weight is 183 g/mol. The van der Waals surface area contributed by atoms with E-state index < -0.39 is 0 Å². The van der Waals surface area contributed by atoms with Crippen molar-refractivity contribution in [1.29, 1.82) is 0 Å². The van der Waals surface area contributed by atoms with Gasteiger partial charge < -0.3 is 9.40 Å². The second kappa shape index (κ2) is 3.05. The average Bonchev–Trinajstić information content (AvgIpc) is 2.43. The number of aryl methyl sites for hydroxylation is 1. The maximum atomic E-state index is 5.40. The highest BCUT2D eigenvalue weighted by atomic mass is 32.1. The number of nitrogens with one attached hydrogen (secondary N) is 1. The number of hydrogen-bond donors (Lipinski definition) is 1. The molecule has 0 amide bonds. The summed E-state index contributed by atoms with van der Waals surface area (Å²) in [6.45, 7) is 2.23. The fourth-order valence-electron chi connectivity index (χ4n) is 1.82. The van der Waals surface area contributed by atoms with Crippen LogP contribution >= 0.6 is 12.2 Å². The molecule has 1 aliphatic rings. The Bertz CT molecular complexity index is 326. The number of hydrogen-bond acceptors (Lipinski definition) is 2. The van der Waals surface area contributed by atoms with Gasteiger partial charge in [-0.2, -0.15) is 0 Å². The summed E-state index contributed by atoms with van der Waals surface area (Å²) in [5.41, 5.74) is 1.23. The highest BCUT2D eigenvalue weighted by Crippen LogP contribution is 2.26. The van der Waals surface area contributed by atoms with Gasteiger partial charge in [0.1, 0.15) is 5.76 Å². The van der Waals surface area contributed by atoms with Gasteiger partial charge in [0.15, 0.2) is 0 Å². The second-order valence-electron chi connectivity index (χ2n) is 3.43. The predicted octanol–water partition coefficient (Wildman–Crippen LogP) is 2.85. The zero-order valence-corrected chi connectivity index (χ0v) is 8.04. The van der Waals surface area contributed by atoms with Crippen LogP contribution in [0.1, 0.15) is 31.2 Å². The highest BCUT2D eigenvalue weighted by Gasteiger charge is 2.20. The lowest BCUT2D eigenvalue weighted by molar-refractivity contribution is 0.379. The molecular weight excluding hydrogens is 170 g/mol. The first-order valence-corrected chi connectivity index (χ1v) is 4.91. The van der Waals surface area contributed by atoms with Crippen molar-refractivity contribution in [3.8, 4) is 0 Å². The van der Waals surface area contributed by atoms with Crippen LogP contribution in [0.25, 0.3) is 0 Å². The summed E-state index contributed by atoms with van der Waals surface area (Å²) in [6.07, 6.45) is 4.69. The lowest BCUT2D eigenvalue weighted by Crippen LogP contribution is -2.12. The SMILES string of the molecule is CCC1CCc2[nH]c(=S)oc2C1. The van der Waals surface area contributed by atoms with E-state index in [1.54, 1.807) is 0 Å². The van der Waals surface area contributed by atoms with Crippen LogP contribution in [-0.2, 0) is 12.8 Å². The van der Waals surface area contributed by atoms with E-state index in [1.807, 2.05) is 0 Å². The lowest BCUT2D eigenvalue weighted by Gasteiger charge is -2.18. The van der Waals surface area contributed by atoms with Crippen LogP contribution in [0.4, 0.5) is 0 Å². The van der Waals surface area contributed by atoms with E-state index >= 15 is 0 Å². The maximum Gasteiger partial charge on any atom is 0.266 e. The standard InChI is InChI=1S/C9H13NOS/c1-2-6-3-4-7-8(5-6)11-9(12)10-7/h6H,2-5H2,1H3,(H,10,12). The van der Waals surface area contributed by atoms with Crippen molar-refractivity contribution in [2.45, 2.75) is 32.6 Å². The summed E-state index contributed by atoms with van der Waals surface area (Å²) < 4.78 is 5.40. The lowest BCUT2D eigenvalue weighted by atomic mass is 9.89. The van der Waals surface area contributed by atoms with E-state index in [-0.39, 0.29) is 0 Å². The minimum atomic E-state index is 0.539. The molecule has 0 radical (unpaired) electrons. The van der Waals surface area contributed by atoms with E-state index in [4.69, 9.17) is 16.6 Å². The fraction of sp³-hybridized carbons (Fsp3) is 0.667. The molecule has 1 heterocycles. The summed E-state index contributed by atoms with van der Waals surface area (Å²) in [7, 11) is 0. The third kappa shape index (κ3) is 1.33. The Morgan fingerprint density at radius 2 is 2.50 bits per heavy atom. The zero-order valence-electron chi connectivity index (χ0n) is 7.22. The molecule has 1 aromatic rings. The van der Waals surface area contributed by atoms with Crippen LogP contribution in [-0.4, -0.2) is 4.98 Å². The largest absolute Gasteiger partial charge is 0.434 e. The minimum absolute atomic E-state index is 0.539. The number of fused-ring (bicyclic) bond motifs is 1. The third-order valence-corrected chi connectivity index (χ3v) is 2.84. The Balaban J connectivity index is 2.28. The van der Waals surface area contributed by atoms with Crippen LogP contribution < -0.4 is 0 Å². The molecule has 0 aromatic carbocycles. The maximum absolute atomic E-state index is 5.40. The first-order chi connectivity index (χ1) is 5.79. The summed E-state index contributed by atoms with van der Waals surface area (Å²) >= 11 is 4.93. The van der Waals surface area contributed by atoms with Crippen molar-refractivity contribution >= 4 is 12.2 Å². The molecule has 1 aromatic heterocycles. The molecule has 1 atom stereocenters. The molecule has 0 bridgehead atoms. The molecule has 0 saturated carbocycles. The van der Waals surface area contributed by atoms with Crippen molar-refractivity contribution in [2.24, 2.45) is 5.92 Å². The van der Waals surface area contributed by atoms with Crippen molar-refractivity contribution < 1.29 is 4.42 Å². The Hall–Kier alpha value is -0.570. The number of oxazole rings is 1. The summed E-state index contributed by atoms with van der Waals surface area (Å²) in [4.78, 5) is 3.63. The van der Waals surface area contributed by atoms with E-state index in [0.717, 1.165) is 24.5 Å². The number of aromatic nitrogens is 1. The molecule has 1 N–H and O–H groups in total. The summed E-state index contributed by atoms with van der Waals surface area (Å²) in [5, 5.41) is 0. The topological polar surface area (TPSA) is 28.9 Å². The molecule has 1 aliphatic carbocycles. The Labute approximate surface area is 77.0 Å². The van der Waals surface area contributed by atoms with Crippen molar-refractivity contribution in [3.05, 3.63) is 16.3 Å². The van der Waals surface area contributed by atoms with Gasteiger partial charge in [0.05, 0.1) is 5.69 Å². The van der Waals surface area contributed by atoms with Crippen LogP contribution in [0, 0.1) is 10.8 Å². The first-order valence-electron chi connectivity index (χ1n) is 4.50. The van der Waals surface area contributed by atoms with Gasteiger partial charge >= 0.3 is 0 Å². The van der Waals surface area contributed by atoms with Crippen molar-refractivity contribution in [1.82, 2.24) is 4.98 Å². The van der Waals surface area contributed by atoms with Gasteiger partial charge in [-0.15, -0.1) is 0 Å². The second-order valence-corrected chi connectivity index (χ2v) is 3.80. The number of aromatic amines is 1. The van der Waals surface area contributed by atoms with Crippen LogP contribution in [0.5, 0.6) is 0 Å². The minimum Gasteiger partial charge on any atom is -0.434 e. The van der Waals surface area contributed by atoms with Gasteiger partial charge in [-0.05, 0) is 31.0 Å². The molecule has 12 heavy (non-hydrogen) atoms. The molecule has 0 spiro atoms. The molecular formula is C9H13NOS. The van der Waals surface area contributed by atoms with Gasteiger partial charge in [0, 0.05) is 6.42 Å². The van der Waals surface area contributed by atoms with E-state index in [9.17, 15) is 0 Å². The molecule has 0 saturated heterocycles. The van der Waals surface area contributed by atoms with Gasteiger partial charge in [0.2, 0.25) is 0 Å². The third-order valence-electron chi connectivity index (χ3n) is 2.66. The number of H-pyrrole nitrogens is 1. The molecule has 3 heteroatoms. The monoisotopic (exact) mass is 183 g/mol. The molecule has 2 nitrogen and oxygen atoms in total. The molecule has 1 unspecified atom stereocenters. The molecule has 66 valence electrons. The number of rotatable bonds is 1. The molecule has 0 fully saturated rings.